The van der Waals surface area contributed by atoms with Gasteiger partial charge in [-0.3, -0.25) is 0 Å². The van der Waals surface area contributed by atoms with Gasteiger partial charge < -0.3 is 14.0 Å². The largest absolute Gasteiger partial charge is 0.497 e. The standard InChI is InChI=1S/C18H13BrN4O3/c1-24-13-5-2-11(3-6-13)17-22-16(26-23-17)9-25-18-14-8-12(19)4-7-15(14)20-10-21-18/h2-8,10H,9H2,1H3. The van der Waals surface area contributed by atoms with Crippen LogP contribution in [0.4, 0.5) is 0 Å². The summed E-state index contributed by atoms with van der Waals surface area (Å²) in [5.74, 6) is 2.07. The number of hydrogen-bond donors (Lipinski definition) is 0. The Morgan fingerprint density at radius 3 is 2.73 bits per heavy atom. The summed E-state index contributed by atoms with van der Waals surface area (Å²) in [6.07, 6.45) is 1.46. The number of nitrogens with zero attached hydrogens (tertiary/aromatic N) is 4. The maximum absolute atomic E-state index is 5.76. The molecule has 4 rings (SSSR count). The molecule has 0 aliphatic heterocycles. The zero-order valence-corrected chi connectivity index (χ0v) is 15.3. The van der Waals surface area contributed by atoms with Gasteiger partial charge in [-0.05, 0) is 42.5 Å². The van der Waals surface area contributed by atoms with E-state index in [4.69, 9.17) is 14.0 Å². The summed E-state index contributed by atoms with van der Waals surface area (Å²) in [6, 6.07) is 13.1. The van der Waals surface area contributed by atoms with Gasteiger partial charge in [0.25, 0.3) is 5.89 Å². The molecule has 2 aromatic carbocycles. The van der Waals surface area contributed by atoms with Crippen LogP contribution in [-0.4, -0.2) is 27.2 Å². The van der Waals surface area contributed by atoms with Crippen molar-refractivity contribution in [2.45, 2.75) is 6.61 Å². The predicted molar refractivity (Wildman–Crippen MR) is 97.9 cm³/mol. The molecule has 2 aromatic heterocycles. The number of halogens is 1. The molecule has 26 heavy (non-hydrogen) atoms. The van der Waals surface area contributed by atoms with Crippen molar-refractivity contribution in [1.29, 1.82) is 0 Å². The second kappa shape index (κ2) is 7.09. The summed E-state index contributed by atoms with van der Waals surface area (Å²) >= 11 is 3.44. The number of hydrogen-bond acceptors (Lipinski definition) is 7. The summed E-state index contributed by atoms with van der Waals surface area (Å²) < 4.78 is 17.1. The molecule has 0 aliphatic carbocycles. The average Bonchev–Trinajstić information content (AvgIpc) is 3.15. The van der Waals surface area contributed by atoms with Crippen molar-refractivity contribution in [3.8, 4) is 23.0 Å². The van der Waals surface area contributed by atoms with Crippen LogP contribution in [0.3, 0.4) is 0 Å². The van der Waals surface area contributed by atoms with Gasteiger partial charge in [0.2, 0.25) is 11.7 Å². The third kappa shape index (κ3) is 3.36. The van der Waals surface area contributed by atoms with Crippen molar-refractivity contribution in [1.82, 2.24) is 20.1 Å². The van der Waals surface area contributed by atoms with Gasteiger partial charge in [-0.15, -0.1) is 0 Å². The minimum Gasteiger partial charge on any atom is -0.497 e. The van der Waals surface area contributed by atoms with Gasteiger partial charge in [-0.25, -0.2) is 9.97 Å². The summed E-state index contributed by atoms with van der Waals surface area (Å²) in [6.45, 7) is 0.113. The van der Waals surface area contributed by atoms with Crippen LogP contribution >= 0.6 is 15.9 Å². The van der Waals surface area contributed by atoms with Gasteiger partial charge >= 0.3 is 0 Å². The van der Waals surface area contributed by atoms with Crippen molar-refractivity contribution in [2.75, 3.05) is 7.11 Å². The van der Waals surface area contributed by atoms with E-state index in [1.165, 1.54) is 6.33 Å². The zero-order valence-electron chi connectivity index (χ0n) is 13.7. The quantitative estimate of drug-likeness (QED) is 0.489. The first-order chi connectivity index (χ1) is 12.7. The highest BCUT2D eigenvalue weighted by Gasteiger charge is 2.11. The van der Waals surface area contributed by atoms with Gasteiger partial charge in [0.15, 0.2) is 6.61 Å². The fourth-order valence-corrected chi connectivity index (χ4v) is 2.78. The third-order valence-corrected chi connectivity index (χ3v) is 4.20. The Morgan fingerprint density at radius 1 is 1.08 bits per heavy atom. The Bertz CT molecular complexity index is 1050. The highest BCUT2D eigenvalue weighted by atomic mass is 79.9. The van der Waals surface area contributed by atoms with Crippen LogP contribution in [-0.2, 0) is 6.61 Å². The second-order valence-corrected chi connectivity index (χ2v) is 6.28. The highest BCUT2D eigenvalue weighted by molar-refractivity contribution is 9.10. The van der Waals surface area contributed by atoms with Gasteiger partial charge in [0.05, 0.1) is 18.0 Å². The Labute approximate surface area is 157 Å². The van der Waals surface area contributed by atoms with Crippen LogP contribution in [0.1, 0.15) is 5.89 Å². The van der Waals surface area contributed by atoms with E-state index in [-0.39, 0.29) is 6.61 Å². The molecule has 8 heteroatoms. The zero-order chi connectivity index (χ0) is 17.9. The molecule has 0 atom stereocenters. The van der Waals surface area contributed by atoms with E-state index in [2.05, 4.69) is 36.0 Å². The van der Waals surface area contributed by atoms with Gasteiger partial charge in [0.1, 0.15) is 12.1 Å². The molecule has 0 unspecified atom stereocenters. The van der Waals surface area contributed by atoms with E-state index in [0.29, 0.717) is 17.6 Å². The number of aromatic nitrogens is 4. The van der Waals surface area contributed by atoms with Gasteiger partial charge in [-0.1, -0.05) is 21.1 Å². The lowest BCUT2D eigenvalue weighted by molar-refractivity contribution is 0.238. The van der Waals surface area contributed by atoms with E-state index in [0.717, 1.165) is 26.7 Å². The van der Waals surface area contributed by atoms with Crippen molar-refractivity contribution in [3.63, 3.8) is 0 Å². The average molecular weight is 413 g/mol. The fraction of sp³-hybridized carbons (Fsp3) is 0.111. The molecular weight excluding hydrogens is 400 g/mol. The van der Waals surface area contributed by atoms with Gasteiger partial charge in [0, 0.05) is 10.0 Å². The molecule has 0 aliphatic rings. The summed E-state index contributed by atoms with van der Waals surface area (Å²) in [5, 5.41) is 4.79. The lowest BCUT2D eigenvalue weighted by Gasteiger charge is -2.05. The molecule has 0 radical (unpaired) electrons. The number of methoxy groups -OCH3 is 1. The maximum atomic E-state index is 5.76. The Morgan fingerprint density at radius 2 is 1.92 bits per heavy atom. The van der Waals surface area contributed by atoms with Crippen LogP contribution < -0.4 is 9.47 Å². The molecule has 0 N–H and O–H groups in total. The first-order valence-electron chi connectivity index (χ1n) is 7.73. The fourth-order valence-electron chi connectivity index (χ4n) is 2.42. The molecular formula is C18H13BrN4O3. The maximum Gasteiger partial charge on any atom is 0.264 e. The molecule has 0 amide bonds. The van der Waals surface area contributed by atoms with Crippen LogP contribution in [0, 0.1) is 0 Å². The van der Waals surface area contributed by atoms with Crippen molar-refractivity contribution in [3.05, 3.63) is 59.2 Å². The van der Waals surface area contributed by atoms with E-state index >= 15 is 0 Å². The predicted octanol–water partition coefficient (Wildman–Crippen LogP) is 4.03. The van der Waals surface area contributed by atoms with E-state index in [1.807, 2.05) is 42.5 Å². The van der Waals surface area contributed by atoms with Crippen LogP contribution in [0.25, 0.3) is 22.3 Å². The van der Waals surface area contributed by atoms with E-state index < -0.39 is 0 Å². The van der Waals surface area contributed by atoms with E-state index in [1.54, 1.807) is 7.11 Å². The first-order valence-corrected chi connectivity index (χ1v) is 8.52. The molecule has 0 fully saturated rings. The van der Waals surface area contributed by atoms with Crippen LogP contribution in [0.15, 0.2) is 57.8 Å². The highest BCUT2D eigenvalue weighted by Crippen LogP contribution is 2.26. The molecule has 0 saturated carbocycles. The number of ether oxygens (including phenoxy) is 2. The minimum atomic E-state index is 0.113. The van der Waals surface area contributed by atoms with Crippen molar-refractivity contribution >= 4 is 26.8 Å². The molecule has 2 heterocycles. The van der Waals surface area contributed by atoms with E-state index in [9.17, 15) is 0 Å². The lowest BCUT2D eigenvalue weighted by atomic mass is 10.2. The lowest BCUT2D eigenvalue weighted by Crippen LogP contribution is -1.99. The van der Waals surface area contributed by atoms with Crippen molar-refractivity contribution < 1.29 is 14.0 Å². The third-order valence-electron chi connectivity index (χ3n) is 3.71. The normalized spacial score (nSPS) is 10.8. The molecule has 0 spiro atoms. The van der Waals surface area contributed by atoms with Crippen molar-refractivity contribution in [2.24, 2.45) is 0 Å². The SMILES string of the molecule is COc1ccc(-c2noc(COc3ncnc4ccc(Br)cc34)n2)cc1. The molecule has 0 saturated heterocycles. The molecule has 4 aromatic rings. The number of fused-ring (bicyclic) bond motifs is 1. The summed E-state index contributed by atoms with van der Waals surface area (Å²) in [7, 11) is 1.62. The summed E-state index contributed by atoms with van der Waals surface area (Å²) in [5.41, 5.74) is 1.62. The number of benzene rings is 2. The molecule has 130 valence electrons. The number of rotatable bonds is 5. The first kappa shape index (κ1) is 16.5. The Balaban J connectivity index is 1.52. The topological polar surface area (TPSA) is 83.2 Å². The van der Waals surface area contributed by atoms with Gasteiger partial charge in [-0.2, -0.15) is 4.98 Å². The molecule has 0 bridgehead atoms. The summed E-state index contributed by atoms with van der Waals surface area (Å²) in [4.78, 5) is 12.8. The Hall–Kier alpha value is -3.00. The molecule has 7 nitrogen and oxygen atoms in total. The monoisotopic (exact) mass is 412 g/mol. The minimum absolute atomic E-state index is 0.113. The Kier molecular flexibility index (Phi) is 4.49. The van der Waals surface area contributed by atoms with Crippen LogP contribution in [0.5, 0.6) is 11.6 Å². The van der Waals surface area contributed by atoms with Crippen LogP contribution in [0.2, 0.25) is 0 Å². The smallest absolute Gasteiger partial charge is 0.264 e. The second-order valence-electron chi connectivity index (χ2n) is 5.37.